The summed E-state index contributed by atoms with van der Waals surface area (Å²) in [7, 11) is 3.13. The minimum Gasteiger partial charge on any atom is -0.493 e. The van der Waals surface area contributed by atoms with E-state index in [2.05, 4.69) is 5.32 Å². The molecule has 0 unspecified atom stereocenters. The van der Waals surface area contributed by atoms with E-state index < -0.39 is 11.3 Å². The van der Waals surface area contributed by atoms with Crippen molar-refractivity contribution in [3.8, 4) is 11.5 Å². The van der Waals surface area contributed by atoms with Crippen LogP contribution in [0.5, 0.6) is 11.5 Å². The third kappa shape index (κ3) is 4.18. The molecule has 2 aliphatic heterocycles. The Hall–Kier alpha value is -3.03. The van der Waals surface area contributed by atoms with Crippen molar-refractivity contribution in [1.82, 2.24) is 10.2 Å². The highest BCUT2D eigenvalue weighted by Gasteiger charge is 2.57. The van der Waals surface area contributed by atoms with Crippen LogP contribution in [0.25, 0.3) is 0 Å². The summed E-state index contributed by atoms with van der Waals surface area (Å²) in [4.78, 5) is 41.0. The minimum absolute atomic E-state index is 0.0480. The summed E-state index contributed by atoms with van der Waals surface area (Å²) in [5.41, 5.74) is 2.15. The van der Waals surface area contributed by atoms with E-state index in [1.54, 1.807) is 32.1 Å². The number of nitrogens with one attached hydrogen (secondary N) is 1. The molecule has 178 valence electrons. The number of esters is 1. The molecular weight excluding hydrogens is 424 g/mol. The Morgan fingerprint density at radius 1 is 1.18 bits per heavy atom. The highest BCUT2D eigenvalue weighted by Crippen LogP contribution is 2.55. The van der Waals surface area contributed by atoms with Gasteiger partial charge in [0, 0.05) is 31.1 Å². The van der Waals surface area contributed by atoms with E-state index >= 15 is 0 Å². The third-order valence-corrected chi connectivity index (χ3v) is 7.02. The normalized spacial score (nSPS) is 23.8. The molecule has 1 aromatic rings. The largest absolute Gasteiger partial charge is 0.493 e. The number of piperidine rings is 1. The molecule has 8 nitrogen and oxygen atoms in total. The van der Waals surface area contributed by atoms with Crippen molar-refractivity contribution in [2.24, 2.45) is 11.3 Å². The molecule has 2 atom stereocenters. The smallest absolute Gasteiger partial charge is 0.318 e. The molecule has 4 rings (SSSR count). The Bertz CT molecular complexity index is 987. The van der Waals surface area contributed by atoms with Crippen molar-refractivity contribution in [2.45, 2.75) is 52.0 Å². The molecule has 1 aromatic carbocycles. The maximum Gasteiger partial charge on any atom is 0.318 e. The third-order valence-electron chi connectivity index (χ3n) is 7.02. The number of ether oxygens (including phenoxy) is 3. The summed E-state index contributed by atoms with van der Waals surface area (Å²) in [6.07, 6.45) is 3.68. The first-order valence-corrected chi connectivity index (χ1v) is 11.6. The lowest BCUT2D eigenvalue weighted by Crippen LogP contribution is -2.53. The van der Waals surface area contributed by atoms with Gasteiger partial charge < -0.3 is 24.4 Å². The summed E-state index contributed by atoms with van der Waals surface area (Å²) in [6, 6.07) is 5.45. The second-order valence-electron chi connectivity index (χ2n) is 8.92. The van der Waals surface area contributed by atoms with Gasteiger partial charge in [-0.15, -0.1) is 0 Å². The van der Waals surface area contributed by atoms with E-state index in [0.717, 1.165) is 30.5 Å². The summed E-state index contributed by atoms with van der Waals surface area (Å²) in [5.74, 6) is 0.136. The second-order valence-corrected chi connectivity index (χ2v) is 8.92. The number of hydrogen-bond donors (Lipinski definition) is 1. The lowest BCUT2D eigenvalue weighted by molar-refractivity contribution is -0.161. The molecular formula is C25H32N2O6. The number of benzene rings is 1. The van der Waals surface area contributed by atoms with Crippen LogP contribution in [0.4, 0.5) is 0 Å². The molecule has 1 fully saturated rings. The predicted molar refractivity (Wildman–Crippen MR) is 120 cm³/mol. The Morgan fingerprint density at radius 3 is 2.70 bits per heavy atom. The molecule has 1 N–H and O–H groups in total. The van der Waals surface area contributed by atoms with Crippen LogP contribution < -0.4 is 14.8 Å². The van der Waals surface area contributed by atoms with Crippen molar-refractivity contribution in [2.75, 3.05) is 27.4 Å². The average molecular weight is 457 g/mol. The Morgan fingerprint density at radius 2 is 1.97 bits per heavy atom. The number of methoxy groups -OCH3 is 2. The maximum atomic E-state index is 13.3. The van der Waals surface area contributed by atoms with Gasteiger partial charge >= 0.3 is 5.97 Å². The van der Waals surface area contributed by atoms with Crippen molar-refractivity contribution in [3.05, 3.63) is 35.0 Å². The number of nitrogens with zero attached hydrogens (tertiary/aromatic N) is 1. The first kappa shape index (κ1) is 23.1. The fourth-order valence-corrected chi connectivity index (χ4v) is 5.54. The van der Waals surface area contributed by atoms with E-state index in [9.17, 15) is 14.4 Å². The van der Waals surface area contributed by atoms with Gasteiger partial charge in [-0.2, -0.15) is 0 Å². The summed E-state index contributed by atoms with van der Waals surface area (Å²) >= 11 is 0. The van der Waals surface area contributed by atoms with E-state index in [0.29, 0.717) is 44.0 Å². The van der Waals surface area contributed by atoms with E-state index in [-0.39, 0.29) is 24.2 Å². The molecule has 0 saturated carbocycles. The number of carbonyl (C=O) groups is 3. The Labute approximate surface area is 194 Å². The molecule has 3 aliphatic rings. The number of rotatable bonds is 8. The zero-order valence-electron chi connectivity index (χ0n) is 19.6. The van der Waals surface area contributed by atoms with Gasteiger partial charge in [0.05, 0.1) is 20.8 Å². The fourth-order valence-electron chi connectivity index (χ4n) is 5.54. The number of carbonyl (C=O) groups excluding carboxylic acids is 3. The number of amides is 2. The summed E-state index contributed by atoms with van der Waals surface area (Å²) < 4.78 is 16.0. The predicted octanol–water partition coefficient (Wildman–Crippen LogP) is 2.95. The molecule has 0 radical (unpaired) electrons. The van der Waals surface area contributed by atoms with Crippen LogP contribution in [0.2, 0.25) is 0 Å². The number of allylic oxidation sites excluding steroid dienone is 1. The molecule has 8 heteroatoms. The maximum absolute atomic E-state index is 13.3. The Balaban J connectivity index is 1.47. The standard InChI is InChI=1S/C25H32N2O6/c1-4-33-24(30)25-10-9-17-6-5-11-27(22(17)25)23(29)18(14-25)13-21(28)26-15-16-7-8-19(31-2)20(12-16)32-3/h7-8,12,18H,4-6,9-11,13-15H2,1-3H3,(H,26,28)/t18-,25-/m1/s1. The first-order valence-electron chi connectivity index (χ1n) is 11.6. The molecule has 0 spiro atoms. The van der Waals surface area contributed by atoms with Crippen molar-refractivity contribution < 1.29 is 28.6 Å². The molecule has 33 heavy (non-hydrogen) atoms. The van der Waals surface area contributed by atoms with Crippen LogP contribution >= 0.6 is 0 Å². The van der Waals surface area contributed by atoms with Crippen LogP contribution in [0.3, 0.4) is 0 Å². The van der Waals surface area contributed by atoms with Crippen molar-refractivity contribution >= 4 is 17.8 Å². The quantitative estimate of drug-likeness (QED) is 0.605. The van der Waals surface area contributed by atoms with Crippen LogP contribution in [0, 0.1) is 11.3 Å². The van der Waals surface area contributed by atoms with Crippen molar-refractivity contribution in [3.63, 3.8) is 0 Å². The van der Waals surface area contributed by atoms with E-state index in [4.69, 9.17) is 14.2 Å². The van der Waals surface area contributed by atoms with E-state index in [1.807, 2.05) is 12.1 Å². The lowest BCUT2D eigenvalue weighted by Gasteiger charge is -2.45. The minimum atomic E-state index is -0.798. The molecule has 1 saturated heterocycles. The van der Waals surface area contributed by atoms with Gasteiger partial charge in [-0.05, 0) is 62.3 Å². The molecule has 2 heterocycles. The molecule has 0 aromatic heterocycles. The van der Waals surface area contributed by atoms with Crippen LogP contribution in [-0.4, -0.2) is 50.1 Å². The summed E-state index contributed by atoms with van der Waals surface area (Å²) in [5, 5.41) is 2.90. The topological polar surface area (TPSA) is 94.2 Å². The van der Waals surface area contributed by atoms with Gasteiger partial charge in [-0.1, -0.05) is 6.07 Å². The fraction of sp³-hybridized carbons (Fsp3) is 0.560. The van der Waals surface area contributed by atoms with Gasteiger partial charge in [-0.3, -0.25) is 14.4 Å². The molecule has 1 aliphatic carbocycles. The zero-order chi connectivity index (χ0) is 23.6. The van der Waals surface area contributed by atoms with Gasteiger partial charge in [0.15, 0.2) is 11.5 Å². The van der Waals surface area contributed by atoms with Crippen LogP contribution in [0.15, 0.2) is 29.5 Å². The van der Waals surface area contributed by atoms with Gasteiger partial charge in [0.25, 0.3) is 0 Å². The van der Waals surface area contributed by atoms with Crippen molar-refractivity contribution in [1.29, 1.82) is 0 Å². The van der Waals surface area contributed by atoms with Crippen LogP contribution in [0.1, 0.15) is 51.0 Å². The average Bonchev–Trinajstić information content (AvgIpc) is 3.21. The van der Waals surface area contributed by atoms with Crippen LogP contribution in [-0.2, 0) is 25.7 Å². The highest BCUT2D eigenvalue weighted by atomic mass is 16.5. The van der Waals surface area contributed by atoms with Gasteiger partial charge in [0.2, 0.25) is 11.8 Å². The highest BCUT2D eigenvalue weighted by molar-refractivity contribution is 5.93. The van der Waals surface area contributed by atoms with Gasteiger partial charge in [0.1, 0.15) is 5.41 Å². The summed E-state index contributed by atoms with van der Waals surface area (Å²) in [6.45, 7) is 3.00. The zero-order valence-corrected chi connectivity index (χ0v) is 19.6. The van der Waals surface area contributed by atoms with Gasteiger partial charge in [-0.25, -0.2) is 0 Å². The molecule has 2 amide bonds. The molecule has 0 bridgehead atoms. The number of hydrogen-bond acceptors (Lipinski definition) is 6. The second kappa shape index (κ2) is 9.45. The SMILES string of the molecule is CCOC(=O)[C@@]12CCC3=C1N(CCC3)C(=O)[C@H](CC(=O)NCc1ccc(OC)c(OC)c1)C2. The Kier molecular flexibility index (Phi) is 6.63. The lowest BCUT2D eigenvalue weighted by atomic mass is 9.71. The van der Waals surface area contributed by atoms with E-state index in [1.165, 1.54) is 5.57 Å². The monoisotopic (exact) mass is 456 g/mol. The first-order chi connectivity index (χ1) is 15.9.